The van der Waals surface area contributed by atoms with Crippen molar-refractivity contribution < 1.29 is 0 Å². The quantitative estimate of drug-likeness (QED) is 0.869. The maximum Gasteiger partial charge on any atom is 0.122 e. The fourth-order valence-corrected chi connectivity index (χ4v) is 2.49. The Morgan fingerprint density at radius 2 is 2.06 bits per heavy atom. The number of nitrogens with zero attached hydrogens (tertiary/aromatic N) is 2. The van der Waals surface area contributed by atoms with Crippen LogP contribution < -0.4 is 5.32 Å². The van der Waals surface area contributed by atoms with Gasteiger partial charge in [-0.05, 0) is 39.5 Å². The minimum atomic E-state index is 0.157. The number of hydrogen-bond donors (Lipinski definition) is 1. The first-order valence-corrected chi connectivity index (χ1v) is 6.80. The summed E-state index contributed by atoms with van der Waals surface area (Å²) in [7, 11) is 0. The Labute approximate surface area is 105 Å². The molecule has 0 amide bonds. The molecular weight excluding hydrogens is 210 g/mol. The molecule has 17 heavy (non-hydrogen) atoms. The molecule has 1 fully saturated rings. The molecule has 3 heteroatoms. The van der Waals surface area contributed by atoms with Gasteiger partial charge in [0.25, 0.3) is 0 Å². The van der Waals surface area contributed by atoms with Crippen LogP contribution in [0.25, 0.3) is 0 Å². The number of rotatable bonds is 4. The van der Waals surface area contributed by atoms with Gasteiger partial charge in [-0.15, -0.1) is 0 Å². The average molecular weight is 235 g/mol. The van der Waals surface area contributed by atoms with Crippen molar-refractivity contribution in [3.05, 3.63) is 18.2 Å². The van der Waals surface area contributed by atoms with E-state index in [1.165, 1.54) is 31.5 Å². The van der Waals surface area contributed by atoms with Crippen LogP contribution in [0.4, 0.5) is 0 Å². The van der Waals surface area contributed by atoms with Gasteiger partial charge in [0.15, 0.2) is 0 Å². The Morgan fingerprint density at radius 3 is 2.71 bits per heavy atom. The summed E-state index contributed by atoms with van der Waals surface area (Å²) in [5.41, 5.74) is 0.157. The number of hydrogen-bond acceptors (Lipinski definition) is 2. The van der Waals surface area contributed by atoms with Crippen molar-refractivity contribution in [2.75, 3.05) is 0 Å². The second kappa shape index (κ2) is 5.21. The maximum absolute atomic E-state index is 4.46. The zero-order chi connectivity index (χ0) is 12.3. The molecule has 0 aromatic carbocycles. The molecule has 2 rings (SSSR count). The van der Waals surface area contributed by atoms with Crippen molar-refractivity contribution >= 4 is 0 Å². The fraction of sp³-hybridized carbons (Fsp3) is 0.786. The molecule has 0 radical (unpaired) electrons. The van der Waals surface area contributed by atoms with Crippen LogP contribution in [0.2, 0.25) is 0 Å². The molecule has 3 nitrogen and oxygen atoms in total. The van der Waals surface area contributed by atoms with Gasteiger partial charge in [-0.2, -0.15) is 0 Å². The lowest BCUT2D eigenvalue weighted by molar-refractivity contribution is 0.397. The third-order valence-electron chi connectivity index (χ3n) is 3.51. The summed E-state index contributed by atoms with van der Waals surface area (Å²) in [4.78, 5) is 4.46. The molecule has 1 aromatic rings. The summed E-state index contributed by atoms with van der Waals surface area (Å²) in [5.74, 6) is 2.05. The Balaban J connectivity index is 1.91. The molecule has 1 saturated carbocycles. The highest BCUT2D eigenvalue weighted by Crippen LogP contribution is 2.26. The van der Waals surface area contributed by atoms with Gasteiger partial charge in [-0.3, -0.25) is 0 Å². The van der Waals surface area contributed by atoms with Crippen LogP contribution in [0.5, 0.6) is 0 Å². The highest BCUT2D eigenvalue weighted by atomic mass is 15.1. The summed E-state index contributed by atoms with van der Waals surface area (Å²) < 4.78 is 2.33. The summed E-state index contributed by atoms with van der Waals surface area (Å²) >= 11 is 0. The zero-order valence-electron chi connectivity index (χ0n) is 11.4. The predicted molar refractivity (Wildman–Crippen MR) is 70.8 cm³/mol. The molecule has 0 spiro atoms. The van der Waals surface area contributed by atoms with Gasteiger partial charge < -0.3 is 9.88 Å². The molecule has 96 valence electrons. The van der Waals surface area contributed by atoms with Gasteiger partial charge in [0, 0.05) is 24.5 Å². The van der Waals surface area contributed by atoms with Gasteiger partial charge >= 0.3 is 0 Å². The van der Waals surface area contributed by atoms with Crippen LogP contribution in [0.15, 0.2) is 12.4 Å². The average Bonchev–Trinajstić information content (AvgIpc) is 2.86. The second-order valence-corrected chi connectivity index (χ2v) is 6.25. The predicted octanol–water partition coefficient (Wildman–Crippen LogP) is 2.96. The van der Waals surface area contributed by atoms with Gasteiger partial charge in [-0.25, -0.2) is 4.98 Å². The Morgan fingerprint density at radius 1 is 1.35 bits per heavy atom. The highest BCUT2D eigenvalue weighted by molar-refractivity contribution is 4.94. The standard InChI is InChI=1S/C14H25N3/c1-14(2,3)16-10-13-15-8-9-17(13)11-12-6-4-5-7-12/h8-9,12,16H,4-7,10-11H2,1-3H3. The van der Waals surface area contributed by atoms with Gasteiger partial charge in [0.2, 0.25) is 0 Å². The minimum Gasteiger partial charge on any atom is -0.334 e. The van der Waals surface area contributed by atoms with Crippen LogP contribution >= 0.6 is 0 Å². The van der Waals surface area contributed by atoms with E-state index in [0.717, 1.165) is 19.0 Å². The van der Waals surface area contributed by atoms with E-state index in [9.17, 15) is 0 Å². The van der Waals surface area contributed by atoms with E-state index in [1.54, 1.807) is 0 Å². The lowest BCUT2D eigenvalue weighted by Gasteiger charge is -2.21. The minimum absolute atomic E-state index is 0.157. The van der Waals surface area contributed by atoms with E-state index in [1.807, 2.05) is 6.20 Å². The molecule has 0 bridgehead atoms. The second-order valence-electron chi connectivity index (χ2n) is 6.25. The van der Waals surface area contributed by atoms with Crippen molar-refractivity contribution in [1.82, 2.24) is 14.9 Å². The van der Waals surface area contributed by atoms with E-state index in [0.29, 0.717) is 0 Å². The lowest BCUT2D eigenvalue weighted by Crippen LogP contribution is -2.36. The lowest BCUT2D eigenvalue weighted by atomic mass is 10.1. The van der Waals surface area contributed by atoms with Crippen LogP contribution in [0, 0.1) is 5.92 Å². The Kier molecular flexibility index (Phi) is 3.87. The SMILES string of the molecule is CC(C)(C)NCc1nccn1CC1CCCC1. The molecule has 0 aliphatic heterocycles. The molecule has 0 unspecified atom stereocenters. The number of imidazole rings is 1. The molecule has 1 aliphatic carbocycles. The van der Waals surface area contributed by atoms with Gasteiger partial charge in [0.1, 0.15) is 5.82 Å². The molecule has 1 N–H and O–H groups in total. The van der Waals surface area contributed by atoms with Crippen molar-refractivity contribution in [2.24, 2.45) is 5.92 Å². The first-order valence-electron chi connectivity index (χ1n) is 6.80. The Bertz CT molecular complexity index is 343. The van der Waals surface area contributed by atoms with E-state index in [-0.39, 0.29) is 5.54 Å². The Hall–Kier alpha value is -0.830. The van der Waals surface area contributed by atoms with Crippen molar-refractivity contribution in [3.8, 4) is 0 Å². The summed E-state index contributed by atoms with van der Waals surface area (Å²) in [6.07, 6.45) is 9.66. The molecule has 1 heterocycles. The first kappa shape index (κ1) is 12.6. The smallest absolute Gasteiger partial charge is 0.122 e. The van der Waals surface area contributed by atoms with Gasteiger partial charge in [-0.1, -0.05) is 12.8 Å². The number of aromatic nitrogens is 2. The van der Waals surface area contributed by atoms with E-state index in [2.05, 4.69) is 41.8 Å². The van der Waals surface area contributed by atoms with Crippen molar-refractivity contribution in [2.45, 2.75) is 65.1 Å². The third kappa shape index (κ3) is 3.84. The van der Waals surface area contributed by atoms with E-state index in [4.69, 9.17) is 0 Å². The monoisotopic (exact) mass is 235 g/mol. The summed E-state index contributed by atoms with van der Waals surface area (Å²) in [5, 5.41) is 3.51. The molecule has 0 atom stereocenters. The topological polar surface area (TPSA) is 29.9 Å². The van der Waals surface area contributed by atoms with Crippen LogP contribution in [-0.2, 0) is 13.1 Å². The van der Waals surface area contributed by atoms with Crippen LogP contribution in [0.3, 0.4) is 0 Å². The molecule has 0 saturated heterocycles. The zero-order valence-corrected chi connectivity index (χ0v) is 11.4. The van der Waals surface area contributed by atoms with Crippen molar-refractivity contribution in [1.29, 1.82) is 0 Å². The van der Waals surface area contributed by atoms with Crippen molar-refractivity contribution in [3.63, 3.8) is 0 Å². The highest BCUT2D eigenvalue weighted by Gasteiger charge is 2.17. The number of nitrogens with one attached hydrogen (secondary N) is 1. The fourth-order valence-electron chi connectivity index (χ4n) is 2.49. The summed E-state index contributed by atoms with van der Waals surface area (Å²) in [6, 6.07) is 0. The molecule has 1 aliphatic rings. The van der Waals surface area contributed by atoms with E-state index < -0.39 is 0 Å². The van der Waals surface area contributed by atoms with Crippen LogP contribution in [-0.4, -0.2) is 15.1 Å². The normalized spacial score (nSPS) is 17.8. The summed E-state index contributed by atoms with van der Waals surface area (Å²) in [6.45, 7) is 8.59. The van der Waals surface area contributed by atoms with Gasteiger partial charge in [0.05, 0.1) is 6.54 Å². The maximum atomic E-state index is 4.46. The first-order chi connectivity index (χ1) is 8.04. The molecule has 1 aromatic heterocycles. The van der Waals surface area contributed by atoms with E-state index >= 15 is 0 Å². The van der Waals surface area contributed by atoms with Crippen LogP contribution in [0.1, 0.15) is 52.3 Å². The molecular formula is C14H25N3. The third-order valence-corrected chi connectivity index (χ3v) is 3.51. The largest absolute Gasteiger partial charge is 0.334 e.